The van der Waals surface area contributed by atoms with E-state index >= 15 is 0 Å². The minimum Gasteiger partial charge on any atom is -0.464 e. The molecule has 2 heterocycles. The standard InChI is InChI=1S/C22H16F2N2O/c23-16-9-5-14(6-10-16)19-13-20-18-3-1-2-4-21(18)27-22(26(20)25-19)15-7-11-17(24)12-8-15/h1-12,20,22H,13H2. The summed E-state index contributed by atoms with van der Waals surface area (Å²) >= 11 is 0. The number of benzene rings is 3. The molecule has 3 aromatic rings. The Labute approximate surface area is 155 Å². The lowest BCUT2D eigenvalue weighted by Crippen LogP contribution is -2.33. The molecule has 0 saturated heterocycles. The Morgan fingerprint density at radius 3 is 2.26 bits per heavy atom. The van der Waals surface area contributed by atoms with Gasteiger partial charge < -0.3 is 4.74 Å². The molecule has 0 radical (unpaired) electrons. The van der Waals surface area contributed by atoms with Crippen LogP contribution in [0.1, 0.15) is 35.4 Å². The van der Waals surface area contributed by atoms with Crippen molar-refractivity contribution in [1.82, 2.24) is 5.01 Å². The van der Waals surface area contributed by atoms with Crippen LogP contribution in [0.2, 0.25) is 0 Å². The van der Waals surface area contributed by atoms with Gasteiger partial charge >= 0.3 is 0 Å². The van der Waals surface area contributed by atoms with E-state index in [4.69, 9.17) is 9.84 Å². The zero-order valence-corrected chi connectivity index (χ0v) is 14.3. The summed E-state index contributed by atoms with van der Waals surface area (Å²) in [4.78, 5) is 0. The average molecular weight is 362 g/mol. The first kappa shape index (κ1) is 16.0. The van der Waals surface area contributed by atoms with Gasteiger partial charge in [-0.25, -0.2) is 13.8 Å². The van der Waals surface area contributed by atoms with Gasteiger partial charge in [-0.3, -0.25) is 0 Å². The summed E-state index contributed by atoms with van der Waals surface area (Å²) in [6.07, 6.45) is 0.257. The van der Waals surface area contributed by atoms with Crippen molar-refractivity contribution in [2.24, 2.45) is 5.10 Å². The maximum Gasteiger partial charge on any atom is 0.213 e. The number of hydrogen-bond acceptors (Lipinski definition) is 3. The van der Waals surface area contributed by atoms with Gasteiger partial charge in [0.1, 0.15) is 17.4 Å². The zero-order chi connectivity index (χ0) is 18.4. The van der Waals surface area contributed by atoms with E-state index in [0.717, 1.165) is 28.2 Å². The van der Waals surface area contributed by atoms with E-state index in [0.29, 0.717) is 6.42 Å². The minimum atomic E-state index is -0.441. The number of ether oxygens (including phenoxy) is 1. The monoisotopic (exact) mass is 362 g/mol. The van der Waals surface area contributed by atoms with Gasteiger partial charge in [0.2, 0.25) is 6.23 Å². The van der Waals surface area contributed by atoms with Gasteiger partial charge in [-0.05, 0) is 35.9 Å². The van der Waals surface area contributed by atoms with Crippen molar-refractivity contribution in [3.63, 3.8) is 0 Å². The molecule has 0 N–H and O–H groups in total. The van der Waals surface area contributed by atoms with E-state index in [1.54, 1.807) is 24.3 Å². The quantitative estimate of drug-likeness (QED) is 0.625. The van der Waals surface area contributed by atoms with Gasteiger partial charge in [0.15, 0.2) is 0 Å². The van der Waals surface area contributed by atoms with E-state index in [9.17, 15) is 8.78 Å². The summed E-state index contributed by atoms with van der Waals surface area (Å²) < 4.78 is 32.9. The molecule has 3 nitrogen and oxygen atoms in total. The highest BCUT2D eigenvalue weighted by Gasteiger charge is 2.40. The van der Waals surface area contributed by atoms with Crippen molar-refractivity contribution in [1.29, 1.82) is 0 Å². The molecule has 0 amide bonds. The summed E-state index contributed by atoms with van der Waals surface area (Å²) in [5.41, 5.74) is 3.67. The molecule has 27 heavy (non-hydrogen) atoms. The highest BCUT2D eigenvalue weighted by Crippen LogP contribution is 2.47. The van der Waals surface area contributed by atoms with Crippen LogP contribution in [0.25, 0.3) is 0 Å². The second kappa shape index (κ2) is 6.20. The Balaban J connectivity index is 1.58. The third-order valence-electron chi connectivity index (χ3n) is 5.03. The SMILES string of the molecule is Fc1ccc(C2=NN3C(C2)c2ccccc2OC3c2ccc(F)cc2)cc1. The third kappa shape index (κ3) is 2.76. The minimum absolute atomic E-state index is 0.0186. The summed E-state index contributed by atoms with van der Waals surface area (Å²) in [6.45, 7) is 0. The molecule has 0 saturated carbocycles. The second-order valence-corrected chi connectivity index (χ2v) is 6.71. The van der Waals surface area contributed by atoms with Crippen molar-refractivity contribution in [2.75, 3.05) is 0 Å². The van der Waals surface area contributed by atoms with Gasteiger partial charge in [-0.15, -0.1) is 0 Å². The van der Waals surface area contributed by atoms with Crippen molar-refractivity contribution < 1.29 is 13.5 Å². The first-order valence-corrected chi connectivity index (χ1v) is 8.82. The van der Waals surface area contributed by atoms with Crippen LogP contribution >= 0.6 is 0 Å². The van der Waals surface area contributed by atoms with Crippen LogP contribution < -0.4 is 4.74 Å². The first-order valence-electron chi connectivity index (χ1n) is 8.82. The van der Waals surface area contributed by atoms with Crippen LogP contribution in [0.5, 0.6) is 5.75 Å². The van der Waals surface area contributed by atoms with Gasteiger partial charge in [0.05, 0.1) is 11.8 Å². The van der Waals surface area contributed by atoms with E-state index in [2.05, 4.69) is 0 Å². The molecular formula is C22H16F2N2O. The molecule has 2 aliphatic heterocycles. The molecule has 134 valence electrons. The zero-order valence-electron chi connectivity index (χ0n) is 14.3. The highest BCUT2D eigenvalue weighted by molar-refractivity contribution is 6.01. The molecule has 0 aliphatic carbocycles. The number of fused-ring (bicyclic) bond motifs is 3. The molecule has 0 spiro atoms. The summed E-state index contributed by atoms with van der Waals surface area (Å²) in [5.74, 6) is 0.250. The largest absolute Gasteiger partial charge is 0.464 e. The van der Waals surface area contributed by atoms with E-state index in [1.807, 2.05) is 29.3 Å². The normalized spacial score (nSPS) is 20.5. The van der Waals surface area contributed by atoms with Gasteiger partial charge in [-0.1, -0.05) is 42.5 Å². The maximum atomic E-state index is 13.4. The fourth-order valence-electron chi connectivity index (χ4n) is 3.70. The highest BCUT2D eigenvalue weighted by atomic mass is 19.1. The van der Waals surface area contributed by atoms with Crippen molar-refractivity contribution in [3.8, 4) is 5.75 Å². The number of halogens is 2. The van der Waals surface area contributed by atoms with E-state index < -0.39 is 6.23 Å². The van der Waals surface area contributed by atoms with Gasteiger partial charge in [0, 0.05) is 17.5 Å². The molecular weight excluding hydrogens is 346 g/mol. The van der Waals surface area contributed by atoms with Crippen LogP contribution in [0.3, 0.4) is 0 Å². The Hall–Kier alpha value is -3.21. The lowest BCUT2D eigenvalue weighted by molar-refractivity contribution is -0.0190. The second-order valence-electron chi connectivity index (χ2n) is 6.71. The van der Waals surface area contributed by atoms with E-state index in [-0.39, 0.29) is 17.7 Å². The smallest absolute Gasteiger partial charge is 0.213 e. The fraction of sp³-hybridized carbons (Fsp3) is 0.136. The predicted octanol–water partition coefficient (Wildman–Crippen LogP) is 5.21. The van der Waals surface area contributed by atoms with Crippen LogP contribution in [-0.4, -0.2) is 10.7 Å². The summed E-state index contributed by atoms with van der Waals surface area (Å²) in [6, 6.07) is 20.6. The molecule has 5 heteroatoms. The molecule has 0 aromatic heterocycles. The van der Waals surface area contributed by atoms with E-state index in [1.165, 1.54) is 24.3 Å². The average Bonchev–Trinajstić information content (AvgIpc) is 3.14. The first-order chi connectivity index (χ1) is 13.2. The lowest BCUT2D eigenvalue weighted by Gasteiger charge is -2.38. The molecule has 5 rings (SSSR count). The number of hydrogen-bond donors (Lipinski definition) is 0. The lowest BCUT2D eigenvalue weighted by atomic mass is 9.96. The summed E-state index contributed by atoms with van der Waals surface area (Å²) in [7, 11) is 0. The number of nitrogens with zero attached hydrogens (tertiary/aromatic N) is 2. The van der Waals surface area contributed by atoms with Crippen molar-refractivity contribution in [2.45, 2.75) is 18.7 Å². The molecule has 2 unspecified atom stereocenters. The fourth-order valence-corrected chi connectivity index (χ4v) is 3.70. The number of rotatable bonds is 2. The molecule has 2 atom stereocenters. The Morgan fingerprint density at radius 1 is 0.852 bits per heavy atom. The van der Waals surface area contributed by atoms with Crippen LogP contribution in [0, 0.1) is 11.6 Å². The Morgan fingerprint density at radius 2 is 1.52 bits per heavy atom. The Bertz CT molecular complexity index is 1020. The van der Waals surface area contributed by atoms with Crippen LogP contribution in [-0.2, 0) is 0 Å². The predicted molar refractivity (Wildman–Crippen MR) is 98.3 cm³/mol. The van der Waals surface area contributed by atoms with Gasteiger partial charge in [0.25, 0.3) is 0 Å². The number of hydrazone groups is 1. The van der Waals surface area contributed by atoms with Gasteiger partial charge in [-0.2, -0.15) is 5.10 Å². The summed E-state index contributed by atoms with van der Waals surface area (Å²) in [5, 5.41) is 6.72. The maximum absolute atomic E-state index is 13.4. The Kier molecular flexibility index (Phi) is 3.67. The van der Waals surface area contributed by atoms with Crippen LogP contribution in [0.4, 0.5) is 8.78 Å². The molecule has 3 aromatic carbocycles. The van der Waals surface area contributed by atoms with Crippen LogP contribution in [0.15, 0.2) is 77.9 Å². The molecule has 0 fully saturated rings. The van der Waals surface area contributed by atoms with Crippen molar-refractivity contribution >= 4 is 5.71 Å². The number of para-hydroxylation sites is 1. The van der Waals surface area contributed by atoms with Crippen molar-refractivity contribution in [3.05, 3.63) is 101 Å². The third-order valence-corrected chi connectivity index (χ3v) is 5.03. The topological polar surface area (TPSA) is 24.8 Å². The molecule has 2 aliphatic rings. The molecule has 0 bridgehead atoms.